The molecule has 0 bridgehead atoms. The summed E-state index contributed by atoms with van der Waals surface area (Å²) in [6, 6.07) is 13.3. The van der Waals surface area contributed by atoms with Gasteiger partial charge in [-0.1, -0.05) is 84.0 Å². The Labute approximate surface area is 238 Å². The Hall–Kier alpha value is -2.95. The quantitative estimate of drug-likeness (QED) is 0.281. The zero-order valence-electron chi connectivity index (χ0n) is 27.0. The van der Waals surface area contributed by atoms with Crippen molar-refractivity contribution in [3.63, 3.8) is 0 Å². The number of hydrogen-bond acceptors (Lipinski definition) is 2. The lowest BCUT2D eigenvalue weighted by molar-refractivity contribution is -0.687. The molecule has 0 aliphatic carbocycles. The van der Waals surface area contributed by atoms with Crippen molar-refractivity contribution in [2.45, 2.75) is 88.4 Å². The minimum Gasteiger partial charge on any atom is -0.408 e. The Balaban J connectivity index is 2.20. The predicted molar refractivity (Wildman–Crippen MR) is 168 cm³/mol. The topological polar surface area (TPSA) is 24.1 Å². The molecule has 4 rings (SSSR count). The second-order valence-corrected chi connectivity index (χ2v) is 13.9. The molecule has 1 N–H and O–H groups in total. The number of nitrogens with one attached hydrogen (secondary N) is 1. The third-order valence-corrected chi connectivity index (χ3v) is 9.30. The van der Waals surface area contributed by atoms with Gasteiger partial charge in [0.1, 0.15) is 16.7 Å². The van der Waals surface area contributed by atoms with Crippen LogP contribution < -0.4 is 14.6 Å². The SMILES string of the molecule is Cc1cccc(C)c1NB1N(c2c(C)cccc2C)C(C(C)(C)C)=C[C@@]1(c1n(C)c(C)c(C)[n+]1C)C(C)(C)C. The summed E-state index contributed by atoms with van der Waals surface area (Å²) in [6.07, 6.45) is 2.62. The molecule has 1 atom stereocenters. The number of allylic oxidation sites excluding steroid dienone is 2. The fourth-order valence-electron chi connectivity index (χ4n) is 6.81. The second-order valence-electron chi connectivity index (χ2n) is 13.9. The van der Waals surface area contributed by atoms with E-state index in [4.69, 9.17) is 0 Å². The highest BCUT2D eigenvalue weighted by Gasteiger charge is 2.66. The summed E-state index contributed by atoms with van der Waals surface area (Å²) in [4.78, 5) is 2.65. The van der Waals surface area contributed by atoms with Crippen molar-refractivity contribution in [3.8, 4) is 0 Å². The van der Waals surface area contributed by atoms with E-state index in [-0.39, 0.29) is 23.1 Å². The lowest BCUT2D eigenvalue weighted by atomic mass is 9.41. The number of aryl methyl sites for hydroxylation is 4. The summed E-state index contributed by atoms with van der Waals surface area (Å²) in [5.41, 5.74) is 11.4. The molecule has 1 aliphatic rings. The van der Waals surface area contributed by atoms with E-state index >= 15 is 0 Å². The summed E-state index contributed by atoms with van der Waals surface area (Å²) in [5.74, 6) is 1.32. The van der Waals surface area contributed by atoms with Crippen molar-refractivity contribution in [2.24, 2.45) is 24.9 Å². The van der Waals surface area contributed by atoms with Crippen LogP contribution >= 0.6 is 0 Å². The minimum atomic E-state index is -0.360. The summed E-state index contributed by atoms with van der Waals surface area (Å²) >= 11 is 0. The van der Waals surface area contributed by atoms with E-state index in [1.165, 1.54) is 56.5 Å². The standard InChI is InChI=1S/C34H50BN4/c1-22-17-15-18-23(2)29(22)36-35-34(33(10,11)12,31-37(13)26(5)27(6)38(31)14)21-28(32(7,8)9)39(35)30-24(3)19-16-20-25(30)4/h15-21,36H,1-14H3/q+1/t34-/m1/s1. The first-order chi connectivity index (χ1) is 17.9. The zero-order chi connectivity index (χ0) is 29.2. The van der Waals surface area contributed by atoms with Gasteiger partial charge in [0.25, 0.3) is 5.82 Å². The molecule has 0 fully saturated rings. The number of aromatic nitrogens is 2. The Morgan fingerprint density at radius 3 is 1.69 bits per heavy atom. The lowest BCUT2D eigenvalue weighted by Gasteiger charge is -2.44. The van der Waals surface area contributed by atoms with Gasteiger partial charge in [-0.25, -0.2) is 9.13 Å². The number of anilines is 2. The highest BCUT2D eigenvalue weighted by molar-refractivity contribution is 6.72. The van der Waals surface area contributed by atoms with Crippen molar-refractivity contribution in [1.29, 1.82) is 0 Å². The van der Waals surface area contributed by atoms with Gasteiger partial charge in [0.15, 0.2) is 0 Å². The van der Waals surface area contributed by atoms with Crippen LogP contribution in [0.2, 0.25) is 0 Å². The summed E-state index contributed by atoms with van der Waals surface area (Å²) in [6.45, 7) is 27.7. The molecule has 0 spiro atoms. The van der Waals surface area contributed by atoms with Crippen LogP contribution in [-0.4, -0.2) is 11.5 Å². The van der Waals surface area contributed by atoms with Gasteiger partial charge in [0.05, 0.1) is 14.1 Å². The first kappa shape index (κ1) is 29.0. The van der Waals surface area contributed by atoms with Gasteiger partial charge < -0.3 is 10.0 Å². The van der Waals surface area contributed by atoms with E-state index in [0.717, 1.165) is 0 Å². The first-order valence-electron chi connectivity index (χ1n) is 14.4. The molecule has 1 aromatic heterocycles. The molecule has 3 aromatic rings. The third kappa shape index (κ3) is 4.42. The molecule has 208 valence electrons. The molecule has 2 heterocycles. The Morgan fingerprint density at radius 2 is 1.28 bits per heavy atom. The predicted octanol–water partition coefficient (Wildman–Crippen LogP) is 7.57. The van der Waals surface area contributed by atoms with Crippen LogP contribution in [0.3, 0.4) is 0 Å². The van der Waals surface area contributed by atoms with Gasteiger partial charge in [0, 0.05) is 36.3 Å². The number of rotatable bonds is 4. The van der Waals surface area contributed by atoms with Crippen LogP contribution in [0.15, 0.2) is 48.2 Å². The molecular weight excluding hydrogens is 475 g/mol. The molecule has 1 aliphatic heterocycles. The fraction of sp³-hybridized carbons (Fsp3) is 0.500. The van der Waals surface area contributed by atoms with Crippen LogP contribution in [0.5, 0.6) is 0 Å². The van der Waals surface area contributed by atoms with Crippen molar-refractivity contribution in [2.75, 3.05) is 10.0 Å². The van der Waals surface area contributed by atoms with Crippen molar-refractivity contribution < 1.29 is 4.57 Å². The third-order valence-electron chi connectivity index (χ3n) is 9.30. The van der Waals surface area contributed by atoms with E-state index < -0.39 is 0 Å². The van der Waals surface area contributed by atoms with Gasteiger partial charge in [0.2, 0.25) is 0 Å². The summed E-state index contributed by atoms with van der Waals surface area (Å²) in [7, 11) is 4.49. The van der Waals surface area contributed by atoms with Gasteiger partial charge >= 0.3 is 6.98 Å². The number of para-hydroxylation sites is 2. The fourth-order valence-corrected chi connectivity index (χ4v) is 6.81. The van der Waals surface area contributed by atoms with Crippen molar-refractivity contribution in [3.05, 3.63) is 87.6 Å². The molecule has 0 unspecified atom stereocenters. The molecule has 0 saturated heterocycles. The molecule has 4 nitrogen and oxygen atoms in total. The Morgan fingerprint density at radius 1 is 0.795 bits per heavy atom. The van der Waals surface area contributed by atoms with Gasteiger partial charge in [-0.05, 0) is 55.4 Å². The van der Waals surface area contributed by atoms with Crippen LogP contribution in [0, 0.1) is 52.4 Å². The Kier molecular flexibility index (Phi) is 7.15. The van der Waals surface area contributed by atoms with E-state index in [9.17, 15) is 0 Å². The molecule has 0 amide bonds. The van der Waals surface area contributed by atoms with E-state index in [1.54, 1.807) is 0 Å². The number of benzene rings is 2. The number of nitrogens with zero attached hydrogens (tertiary/aromatic N) is 3. The maximum Gasteiger partial charge on any atom is 0.401 e. The molecule has 0 saturated carbocycles. The maximum absolute atomic E-state index is 4.21. The van der Waals surface area contributed by atoms with Crippen LogP contribution in [0.25, 0.3) is 0 Å². The zero-order valence-corrected chi connectivity index (χ0v) is 27.0. The van der Waals surface area contributed by atoms with Gasteiger partial charge in [-0.3, -0.25) is 0 Å². The smallest absolute Gasteiger partial charge is 0.401 e. The van der Waals surface area contributed by atoms with Crippen molar-refractivity contribution in [1.82, 2.24) is 4.57 Å². The summed E-state index contributed by atoms with van der Waals surface area (Å²) in [5, 5.41) is 3.85. The molecular formula is C34H50BN4+. The molecule has 2 aromatic carbocycles. The Bertz CT molecular complexity index is 1380. The minimum absolute atomic E-state index is 0.0510. The second kappa shape index (κ2) is 9.61. The number of imidazole rings is 1. The van der Waals surface area contributed by atoms with Gasteiger partial charge in [-0.15, -0.1) is 0 Å². The highest BCUT2D eigenvalue weighted by Crippen LogP contribution is 2.54. The van der Waals surface area contributed by atoms with E-state index in [0.29, 0.717) is 0 Å². The van der Waals surface area contributed by atoms with E-state index in [2.05, 4.69) is 159 Å². The van der Waals surface area contributed by atoms with Crippen LogP contribution in [0.1, 0.15) is 81.0 Å². The number of hydrogen-bond donors (Lipinski definition) is 1. The van der Waals surface area contributed by atoms with E-state index in [1.807, 2.05) is 0 Å². The van der Waals surface area contributed by atoms with Crippen LogP contribution in [0.4, 0.5) is 11.4 Å². The van der Waals surface area contributed by atoms with Crippen LogP contribution in [-0.2, 0) is 19.4 Å². The molecule has 5 heteroatoms. The highest BCUT2D eigenvalue weighted by atomic mass is 15.2. The maximum atomic E-state index is 4.21. The molecule has 39 heavy (non-hydrogen) atoms. The van der Waals surface area contributed by atoms with Crippen molar-refractivity contribution >= 4 is 18.4 Å². The normalized spacial score (nSPS) is 18.2. The first-order valence-corrected chi connectivity index (χ1v) is 14.4. The summed E-state index contributed by atoms with van der Waals surface area (Å²) < 4.78 is 4.87. The van der Waals surface area contributed by atoms with Gasteiger partial charge in [-0.2, -0.15) is 0 Å². The largest absolute Gasteiger partial charge is 0.408 e. The average molecular weight is 526 g/mol. The lowest BCUT2D eigenvalue weighted by Crippen LogP contribution is -2.64. The molecule has 0 radical (unpaired) electrons. The monoisotopic (exact) mass is 525 g/mol. The average Bonchev–Trinajstić information content (AvgIpc) is 3.24.